The van der Waals surface area contributed by atoms with Gasteiger partial charge in [-0.25, -0.2) is 14.8 Å². The van der Waals surface area contributed by atoms with Gasteiger partial charge >= 0.3 is 5.97 Å². The van der Waals surface area contributed by atoms with Gasteiger partial charge in [-0.1, -0.05) is 25.4 Å². The van der Waals surface area contributed by atoms with Crippen LogP contribution in [0.4, 0.5) is 0 Å². The van der Waals surface area contributed by atoms with E-state index in [2.05, 4.69) is 15.0 Å². The minimum Gasteiger partial charge on any atom is -0.478 e. The zero-order valence-electron chi connectivity index (χ0n) is 9.54. The summed E-state index contributed by atoms with van der Waals surface area (Å²) in [4.78, 5) is 22.5. The molecule has 0 spiro atoms. The van der Waals surface area contributed by atoms with E-state index in [1.54, 1.807) is 0 Å². The number of aromatic carboxylic acids is 1. The molecule has 0 bridgehead atoms. The second-order valence-corrected chi connectivity index (χ2v) is 4.01. The van der Waals surface area contributed by atoms with E-state index in [0.717, 1.165) is 0 Å². The van der Waals surface area contributed by atoms with Crippen molar-refractivity contribution >= 4 is 28.6 Å². The number of aromatic nitrogens is 3. The highest BCUT2D eigenvalue weighted by Crippen LogP contribution is 2.27. The van der Waals surface area contributed by atoms with Crippen LogP contribution in [-0.4, -0.2) is 26.0 Å². The highest BCUT2D eigenvalue weighted by Gasteiger charge is 2.21. The van der Waals surface area contributed by atoms with Crippen LogP contribution in [0.15, 0.2) is 0 Å². The topological polar surface area (TPSA) is 78.9 Å². The van der Waals surface area contributed by atoms with Crippen molar-refractivity contribution in [1.82, 2.24) is 15.0 Å². The average Bonchev–Trinajstić information content (AvgIpc) is 2.63. The van der Waals surface area contributed by atoms with Crippen molar-refractivity contribution in [2.45, 2.75) is 26.7 Å². The number of hydrogen-bond acceptors (Lipinski definition) is 3. The molecule has 0 saturated heterocycles. The molecule has 2 rings (SSSR count). The van der Waals surface area contributed by atoms with Gasteiger partial charge in [-0.2, -0.15) is 0 Å². The number of nitrogens with zero attached hydrogens (tertiary/aromatic N) is 2. The molecule has 0 aliphatic heterocycles. The van der Waals surface area contributed by atoms with E-state index < -0.39 is 5.97 Å². The van der Waals surface area contributed by atoms with Crippen LogP contribution in [0, 0.1) is 0 Å². The summed E-state index contributed by atoms with van der Waals surface area (Å²) < 4.78 is 0. The monoisotopic (exact) mass is 253 g/mol. The minimum atomic E-state index is -1.07. The van der Waals surface area contributed by atoms with Gasteiger partial charge in [0.05, 0.1) is 11.1 Å². The van der Waals surface area contributed by atoms with Gasteiger partial charge < -0.3 is 10.1 Å². The van der Waals surface area contributed by atoms with E-state index in [1.165, 1.54) is 0 Å². The second-order valence-electron chi connectivity index (χ2n) is 3.64. The number of nitrogens with one attached hydrogen (secondary N) is 1. The summed E-state index contributed by atoms with van der Waals surface area (Å²) in [6.45, 7) is 3.87. The lowest BCUT2D eigenvalue weighted by molar-refractivity contribution is 0.0699. The molecule has 6 heteroatoms. The van der Waals surface area contributed by atoms with Gasteiger partial charge in [0.25, 0.3) is 0 Å². The standard InChI is InChI=1S/C11H12ClN3O2/c1-3-5-7-8(11(16)17)9(12)15-10(7)14-6(4-2)13-5/h3-4H2,1-2H3,(H,16,17)(H,13,14,15). The van der Waals surface area contributed by atoms with Crippen molar-refractivity contribution in [2.75, 3.05) is 0 Å². The maximum Gasteiger partial charge on any atom is 0.339 e. The normalized spacial score (nSPS) is 11.0. The second kappa shape index (κ2) is 4.33. The zero-order valence-corrected chi connectivity index (χ0v) is 10.3. The third-order valence-electron chi connectivity index (χ3n) is 2.59. The molecule has 2 heterocycles. The number of aromatic amines is 1. The Hall–Kier alpha value is -1.62. The third-order valence-corrected chi connectivity index (χ3v) is 2.88. The van der Waals surface area contributed by atoms with Crippen LogP contribution in [0.1, 0.15) is 35.7 Å². The Bertz CT molecular complexity index is 592. The maximum absolute atomic E-state index is 11.2. The Morgan fingerprint density at radius 1 is 1.35 bits per heavy atom. The first kappa shape index (κ1) is 11.9. The number of hydrogen-bond donors (Lipinski definition) is 2. The van der Waals surface area contributed by atoms with Crippen molar-refractivity contribution in [2.24, 2.45) is 0 Å². The highest BCUT2D eigenvalue weighted by molar-refractivity contribution is 6.34. The molecule has 5 nitrogen and oxygen atoms in total. The minimum absolute atomic E-state index is 0.0566. The molecule has 0 saturated carbocycles. The summed E-state index contributed by atoms with van der Waals surface area (Å²) in [5.41, 5.74) is 1.27. The van der Waals surface area contributed by atoms with E-state index in [1.807, 2.05) is 13.8 Å². The number of fused-ring (bicyclic) bond motifs is 1. The number of aryl methyl sites for hydroxylation is 2. The van der Waals surface area contributed by atoms with Crippen molar-refractivity contribution in [3.05, 3.63) is 22.2 Å². The number of halogens is 1. The summed E-state index contributed by atoms with van der Waals surface area (Å²) in [7, 11) is 0. The van der Waals surface area contributed by atoms with E-state index in [9.17, 15) is 4.79 Å². The molecule has 0 aromatic carbocycles. The molecule has 0 aliphatic rings. The first-order valence-corrected chi connectivity index (χ1v) is 5.76. The first-order valence-electron chi connectivity index (χ1n) is 5.38. The molecular weight excluding hydrogens is 242 g/mol. The van der Waals surface area contributed by atoms with Gasteiger partial charge in [0.2, 0.25) is 0 Å². The predicted octanol–water partition coefficient (Wildman–Crippen LogP) is 2.43. The molecule has 17 heavy (non-hydrogen) atoms. The molecular formula is C11H12ClN3O2. The molecule has 2 aromatic rings. The van der Waals surface area contributed by atoms with Crippen LogP contribution >= 0.6 is 11.6 Å². The van der Waals surface area contributed by atoms with Gasteiger partial charge in [0, 0.05) is 6.42 Å². The zero-order chi connectivity index (χ0) is 12.6. The number of carboxylic acids is 1. The quantitative estimate of drug-likeness (QED) is 0.881. The Balaban J connectivity index is 2.85. The highest BCUT2D eigenvalue weighted by atomic mass is 35.5. The largest absolute Gasteiger partial charge is 0.478 e. The predicted molar refractivity (Wildman–Crippen MR) is 64.6 cm³/mol. The molecule has 0 aliphatic carbocycles. The van der Waals surface area contributed by atoms with Crippen LogP contribution in [0.25, 0.3) is 11.0 Å². The maximum atomic E-state index is 11.2. The summed E-state index contributed by atoms with van der Waals surface area (Å²) in [6.07, 6.45) is 1.34. The van der Waals surface area contributed by atoms with Gasteiger partial charge in [-0.3, -0.25) is 0 Å². The number of rotatable bonds is 3. The van der Waals surface area contributed by atoms with Crippen molar-refractivity contribution in [3.63, 3.8) is 0 Å². The fourth-order valence-electron chi connectivity index (χ4n) is 1.80. The summed E-state index contributed by atoms with van der Waals surface area (Å²) >= 11 is 5.88. The fraction of sp³-hybridized carbons (Fsp3) is 0.364. The van der Waals surface area contributed by atoms with E-state index in [0.29, 0.717) is 35.4 Å². The molecule has 2 N–H and O–H groups in total. The summed E-state index contributed by atoms with van der Waals surface area (Å²) in [5, 5.41) is 9.76. The lowest BCUT2D eigenvalue weighted by Gasteiger charge is -2.03. The number of carboxylic acid groups (broad SMARTS) is 1. The molecule has 2 aromatic heterocycles. The third kappa shape index (κ3) is 1.86. The molecule has 0 unspecified atom stereocenters. The van der Waals surface area contributed by atoms with Gasteiger partial charge in [0.15, 0.2) is 0 Å². The van der Waals surface area contributed by atoms with Crippen LogP contribution in [0.5, 0.6) is 0 Å². The van der Waals surface area contributed by atoms with Crippen LogP contribution in [0.3, 0.4) is 0 Å². The van der Waals surface area contributed by atoms with Crippen LogP contribution in [0.2, 0.25) is 5.15 Å². The molecule has 0 fully saturated rings. The van der Waals surface area contributed by atoms with Crippen molar-refractivity contribution in [3.8, 4) is 0 Å². The van der Waals surface area contributed by atoms with Crippen molar-refractivity contribution in [1.29, 1.82) is 0 Å². The first-order chi connectivity index (χ1) is 8.08. The smallest absolute Gasteiger partial charge is 0.339 e. The van der Waals surface area contributed by atoms with Crippen LogP contribution < -0.4 is 0 Å². The van der Waals surface area contributed by atoms with E-state index in [-0.39, 0.29) is 10.7 Å². The van der Waals surface area contributed by atoms with Crippen molar-refractivity contribution < 1.29 is 9.90 Å². The van der Waals surface area contributed by atoms with Gasteiger partial charge in [0.1, 0.15) is 22.2 Å². The summed E-state index contributed by atoms with van der Waals surface area (Å²) in [6, 6.07) is 0. The van der Waals surface area contributed by atoms with Crippen LogP contribution in [-0.2, 0) is 12.8 Å². The lowest BCUT2D eigenvalue weighted by Crippen LogP contribution is -2.02. The summed E-state index contributed by atoms with van der Waals surface area (Å²) in [5.74, 6) is -0.381. The average molecular weight is 254 g/mol. The molecule has 0 amide bonds. The molecule has 0 atom stereocenters. The lowest BCUT2D eigenvalue weighted by atomic mass is 10.1. The van der Waals surface area contributed by atoms with E-state index in [4.69, 9.17) is 16.7 Å². The van der Waals surface area contributed by atoms with E-state index >= 15 is 0 Å². The number of H-pyrrole nitrogens is 1. The number of carbonyl (C=O) groups is 1. The Kier molecular flexibility index (Phi) is 3.02. The molecule has 0 radical (unpaired) electrons. The molecule has 90 valence electrons. The van der Waals surface area contributed by atoms with Gasteiger partial charge in [-0.15, -0.1) is 0 Å². The Morgan fingerprint density at radius 2 is 2.06 bits per heavy atom. The fourth-order valence-corrected chi connectivity index (χ4v) is 2.07. The Labute approximate surface area is 103 Å². The SMILES string of the molecule is CCc1nc(CC)c2c(C(=O)O)c(Cl)[nH]c2n1. The van der Waals surface area contributed by atoms with Gasteiger partial charge in [-0.05, 0) is 6.42 Å². The Morgan fingerprint density at radius 3 is 2.59 bits per heavy atom.